The fraction of sp³-hybridized carbons (Fsp3) is 0.143. The molecule has 0 saturated heterocycles. The third-order valence-electron chi connectivity index (χ3n) is 3.11. The molecule has 0 spiro atoms. The number of hydrogen-bond acceptors (Lipinski definition) is 4. The van der Waals surface area contributed by atoms with Crippen molar-refractivity contribution in [1.29, 1.82) is 5.26 Å². The second kappa shape index (κ2) is 5.58. The van der Waals surface area contributed by atoms with Gasteiger partial charge >= 0.3 is 5.97 Å². The highest BCUT2D eigenvalue weighted by molar-refractivity contribution is 9.10. The van der Waals surface area contributed by atoms with Crippen molar-refractivity contribution in [3.8, 4) is 11.8 Å². The molecule has 0 unspecified atom stereocenters. The van der Waals surface area contributed by atoms with Crippen molar-refractivity contribution in [2.45, 2.75) is 6.92 Å². The summed E-state index contributed by atoms with van der Waals surface area (Å²) < 4.78 is 19.9. The van der Waals surface area contributed by atoms with Crippen LogP contribution in [0.3, 0.4) is 0 Å². The maximum Gasteiger partial charge on any atom is 0.357 e. The zero-order valence-electron chi connectivity index (χ0n) is 11.3. The third kappa shape index (κ3) is 2.38. The molecule has 1 heterocycles. The Bertz CT molecular complexity index is 778. The Hall–Kier alpha value is -2.33. The van der Waals surface area contributed by atoms with E-state index < -0.39 is 11.8 Å². The molecular weight excluding hydrogens is 341 g/mol. The fourth-order valence-electron chi connectivity index (χ4n) is 2.01. The Morgan fingerprint density at radius 2 is 2.19 bits per heavy atom. The van der Waals surface area contributed by atoms with Gasteiger partial charge in [0, 0.05) is 6.20 Å². The molecule has 0 amide bonds. The van der Waals surface area contributed by atoms with Crippen LogP contribution in [-0.2, 0) is 4.74 Å². The number of nitrogen functional groups attached to an aromatic ring is 1. The van der Waals surface area contributed by atoms with Gasteiger partial charge < -0.3 is 15.0 Å². The average Bonchev–Trinajstić information content (AvgIpc) is 2.80. The molecule has 0 radical (unpaired) electrons. The molecular formula is C14H11BrFN3O2. The van der Waals surface area contributed by atoms with Crippen LogP contribution in [0.15, 0.2) is 22.8 Å². The van der Waals surface area contributed by atoms with Crippen LogP contribution in [0.1, 0.15) is 21.6 Å². The molecule has 2 rings (SSSR count). The van der Waals surface area contributed by atoms with Gasteiger partial charge in [-0.15, -0.1) is 0 Å². The zero-order chi connectivity index (χ0) is 15.7. The highest BCUT2D eigenvalue weighted by Crippen LogP contribution is 2.30. The van der Waals surface area contributed by atoms with Crippen molar-refractivity contribution in [1.82, 2.24) is 4.57 Å². The number of nitrogens with two attached hydrogens (primary N) is 1. The molecule has 7 heteroatoms. The molecule has 0 aliphatic carbocycles. The number of ether oxygens (including phenoxy) is 1. The van der Waals surface area contributed by atoms with E-state index in [1.54, 1.807) is 6.92 Å². The number of carbonyl (C=O) groups is 1. The largest absolute Gasteiger partial charge is 0.464 e. The molecule has 1 aromatic carbocycles. The smallest absolute Gasteiger partial charge is 0.357 e. The average molecular weight is 352 g/mol. The Kier molecular flexibility index (Phi) is 4.00. The molecule has 0 aliphatic rings. The van der Waals surface area contributed by atoms with Crippen LogP contribution in [0.5, 0.6) is 0 Å². The number of esters is 1. The molecule has 21 heavy (non-hydrogen) atoms. The molecule has 1 aromatic heterocycles. The van der Waals surface area contributed by atoms with E-state index in [1.807, 2.05) is 6.07 Å². The zero-order valence-corrected chi connectivity index (χ0v) is 12.9. The Morgan fingerprint density at radius 3 is 2.76 bits per heavy atom. The molecule has 0 fully saturated rings. The summed E-state index contributed by atoms with van der Waals surface area (Å²) in [4.78, 5) is 11.9. The molecule has 0 aliphatic heterocycles. The van der Waals surface area contributed by atoms with Crippen LogP contribution in [0.25, 0.3) is 5.69 Å². The van der Waals surface area contributed by atoms with E-state index in [9.17, 15) is 9.18 Å². The first-order chi connectivity index (χ1) is 9.92. The summed E-state index contributed by atoms with van der Waals surface area (Å²) in [7, 11) is 1.22. The van der Waals surface area contributed by atoms with Crippen LogP contribution in [0.4, 0.5) is 10.1 Å². The summed E-state index contributed by atoms with van der Waals surface area (Å²) in [6.45, 7) is 1.69. The first kappa shape index (κ1) is 15.1. The topological polar surface area (TPSA) is 81.0 Å². The predicted molar refractivity (Wildman–Crippen MR) is 78.6 cm³/mol. The number of aromatic nitrogens is 1. The molecule has 2 N–H and O–H groups in total. The minimum atomic E-state index is -0.672. The van der Waals surface area contributed by atoms with E-state index in [1.165, 1.54) is 30.0 Å². The number of nitrogens with zero attached hydrogens (tertiary/aromatic N) is 2. The van der Waals surface area contributed by atoms with E-state index >= 15 is 0 Å². The monoisotopic (exact) mass is 351 g/mol. The number of benzene rings is 1. The van der Waals surface area contributed by atoms with Crippen molar-refractivity contribution in [3.05, 3.63) is 45.4 Å². The first-order valence-corrected chi connectivity index (χ1v) is 6.65. The van der Waals surface area contributed by atoms with Crippen LogP contribution in [-0.4, -0.2) is 17.6 Å². The van der Waals surface area contributed by atoms with Gasteiger partial charge in [0.1, 0.15) is 11.9 Å². The Balaban J connectivity index is 2.79. The molecule has 5 nitrogen and oxygen atoms in total. The summed E-state index contributed by atoms with van der Waals surface area (Å²) in [5.74, 6) is -1.09. The lowest BCUT2D eigenvalue weighted by Crippen LogP contribution is -2.12. The van der Waals surface area contributed by atoms with Gasteiger partial charge in [-0.3, -0.25) is 0 Å². The van der Waals surface area contributed by atoms with Crippen LogP contribution < -0.4 is 5.73 Å². The van der Waals surface area contributed by atoms with Crippen molar-refractivity contribution < 1.29 is 13.9 Å². The second-order valence-electron chi connectivity index (χ2n) is 4.28. The highest BCUT2D eigenvalue weighted by Gasteiger charge is 2.23. The standard InChI is InChI=1S/C14H11BrFN3O2/c1-7-10(4-3-9(16)11(7)15)19-6-8(5-17)12(18)13(19)14(20)21-2/h3-4,6H,18H2,1-2H3. The number of anilines is 1. The maximum atomic E-state index is 13.5. The Morgan fingerprint density at radius 1 is 1.52 bits per heavy atom. The van der Waals surface area contributed by atoms with E-state index in [2.05, 4.69) is 15.9 Å². The van der Waals surface area contributed by atoms with E-state index in [0.29, 0.717) is 11.3 Å². The summed E-state index contributed by atoms with van der Waals surface area (Å²) in [5.41, 5.74) is 7.13. The molecule has 0 bridgehead atoms. The lowest BCUT2D eigenvalue weighted by molar-refractivity contribution is 0.0593. The summed E-state index contributed by atoms with van der Waals surface area (Å²) in [5, 5.41) is 9.06. The van der Waals surface area contributed by atoms with Gasteiger partial charge in [-0.25, -0.2) is 9.18 Å². The summed E-state index contributed by atoms with van der Waals surface area (Å²) in [6, 6.07) is 4.67. The number of halogens is 2. The van der Waals surface area contributed by atoms with Gasteiger partial charge in [-0.1, -0.05) is 0 Å². The number of hydrogen-bond donors (Lipinski definition) is 1. The van der Waals surface area contributed by atoms with E-state index in [4.69, 9.17) is 15.7 Å². The quantitative estimate of drug-likeness (QED) is 0.843. The number of carbonyl (C=O) groups excluding carboxylic acids is 1. The summed E-state index contributed by atoms with van der Waals surface area (Å²) in [6.07, 6.45) is 1.42. The van der Waals surface area contributed by atoms with Crippen molar-refractivity contribution in [2.75, 3.05) is 12.8 Å². The lowest BCUT2D eigenvalue weighted by atomic mass is 10.2. The van der Waals surface area contributed by atoms with Crippen LogP contribution >= 0.6 is 15.9 Å². The fourth-order valence-corrected chi connectivity index (χ4v) is 2.34. The van der Waals surface area contributed by atoms with Crippen molar-refractivity contribution in [2.24, 2.45) is 0 Å². The highest BCUT2D eigenvalue weighted by atomic mass is 79.9. The number of nitriles is 1. The van der Waals surface area contributed by atoms with Crippen LogP contribution in [0.2, 0.25) is 0 Å². The van der Waals surface area contributed by atoms with E-state index in [-0.39, 0.29) is 21.4 Å². The first-order valence-electron chi connectivity index (χ1n) is 5.86. The van der Waals surface area contributed by atoms with Gasteiger partial charge in [-0.05, 0) is 40.5 Å². The van der Waals surface area contributed by atoms with E-state index in [0.717, 1.165) is 0 Å². The number of rotatable bonds is 2. The van der Waals surface area contributed by atoms with Gasteiger partial charge in [0.25, 0.3) is 0 Å². The minimum absolute atomic E-state index is 0.0317. The van der Waals surface area contributed by atoms with Gasteiger partial charge in [0.2, 0.25) is 0 Å². The maximum absolute atomic E-state index is 13.5. The van der Waals surface area contributed by atoms with Crippen molar-refractivity contribution >= 4 is 27.6 Å². The van der Waals surface area contributed by atoms with Crippen molar-refractivity contribution in [3.63, 3.8) is 0 Å². The Labute approximate surface area is 128 Å². The van der Waals surface area contributed by atoms with Gasteiger partial charge in [-0.2, -0.15) is 5.26 Å². The van der Waals surface area contributed by atoms with Gasteiger partial charge in [0.05, 0.1) is 28.5 Å². The molecule has 0 atom stereocenters. The molecule has 2 aromatic rings. The minimum Gasteiger partial charge on any atom is -0.464 e. The van der Waals surface area contributed by atoms with Crippen LogP contribution in [0, 0.1) is 24.1 Å². The van der Waals surface area contributed by atoms with Gasteiger partial charge in [0.15, 0.2) is 5.69 Å². The number of methoxy groups -OCH3 is 1. The SMILES string of the molecule is COC(=O)c1c(N)c(C#N)cn1-c1ccc(F)c(Br)c1C. The normalized spacial score (nSPS) is 10.2. The molecule has 0 saturated carbocycles. The predicted octanol–water partition coefficient (Wildman–Crippen LogP) is 2.93. The lowest BCUT2D eigenvalue weighted by Gasteiger charge is -2.12. The third-order valence-corrected chi connectivity index (χ3v) is 4.09. The second-order valence-corrected chi connectivity index (χ2v) is 5.08. The summed E-state index contributed by atoms with van der Waals surface area (Å²) >= 11 is 3.15. The molecule has 108 valence electrons.